The van der Waals surface area contributed by atoms with Crippen LogP contribution in [0.5, 0.6) is 10.9 Å². The number of benzene rings is 2. The minimum atomic E-state index is -0.0601. The maximum Gasteiger partial charge on any atom is 0.298 e. The highest BCUT2D eigenvalue weighted by Gasteiger charge is 2.24. The van der Waals surface area contributed by atoms with Crippen LogP contribution in [0, 0.1) is 6.92 Å². The molecule has 1 aliphatic heterocycles. The Bertz CT molecular complexity index is 1080. The van der Waals surface area contributed by atoms with Crippen molar-refractivity contribution in [3.8, 4) is 10.9 Å². The van der Waals surface area contributed by atoms with Crippen LogP contribution >= 0.6 is 11.5 Å². The SMILES string of the molecule is CC(=O)N1CCN(C(=O)c2ccc(C)c(Oc3nc(Cc4ccccc4)ns3)c2)CC1. The quantitative estimate of drug-likeness (QED) is 0.612. The maximum absolute atomic E-state index is 12.9. The summed E-state index contributed by atoms with van der Waals surface area (Å²) in [5.41, 5.74) is 2.61. The third kappa shape index (κ3) is 5.08. The monoisotopic (exact) mass is 436 g/mol. The molecular weight excluding hydrogens is 412 g/mol. The van der Waals surface area contributed by atoms with Gasteiger partial charge in [-0.05, 0) is 30.2 Å². The zero-order chi connectivity index (χ0) is 21.8. The van der Waals surface area contributed by atoms with Crippen molar-refractivity contribution >= 4 is 23.3 Å². The minimum Gasteiger partial charge on any atom is -0.430 e. The molecular formula is C23H24N4O3S. The maximum atomic E-state index is 12.9. The smallest absolute Gasteiger partial charge is 0.298 e. The van der Waals surface area contributed by atoms with Gasteiger partial charge in [0, 0.05) is 56.6 Å². The standard InChI is InChI=1S/C23H24N4O3S/c1-16-8-9-19(22(29)27-12-10-26(11-13-27)17(2)28)15-20(16)30-23-24-21(25-31-23)14-18-6-4-3-5-7-18/h3-9,15H,10-14H2,1-2H3. The Morgan fingerprint density at radius 2 is 1.74 bits per heavy atom. The van der Waals surface area contributed by atoms with Crippen LogP contribution in [0.25, 0.3) is 0 Å². The van der Waals surface area contributed by atoms with Crippen LogP contribution in [-0.4, -0.2) is 57.2 Å². The molecule has 0 unspecified atom stereocenters. The van der Waals surface area contributed by atoms with Crippen molar-refractivity contribution in [1.29, 1.82) is 0 Å². The normalized spacial score (nSPS) is 13.9. The number of piperazine rings is 1. The van der Waals surface area contributed by atoms with Crippen LogP contribution in [0.4, 0.5) is 0 Å². The highest BCUT2D eigenvalue weighted by atomic mass is 32.1. The van der Waals surface area contributed by atoms with Crippen molar-refractivity contribution in [2.75, 3.05) is 26.2 Å². The summed E-state index contributed by atoms with van der Waals surface area (Å²) in [5, 5.41) is 0.453. The molecule has 0 radical (unpaired) electrons. The highest BCUT2D eigenvalue weighted by molar-refractivity contribution is 7.07. The molecule has 2 aromatic carbocycles. The van der Waals surface area contributed by atoms with E-state index in [1.165, 1.54) is 11.5 Å². The molecule has 3 aromatic rings. The molecule has 0 saturated carbocycles. The van der Waals surface area contributed by atoms with E-state index in [4.69, 9.17) is 4.74 Å². The Morgan fingerprint density at radius 3 is 2.45 bits per heavy atom. The van der Waals surface area contributed by atoms with Crippen LogP contribution in [-0.2, 0) is 11.2 Å². The summed E-state index contributed by atoms with van der Waals surface area (Å²) < 4.78 is 10.4. The van der Waals surface area contributed by atoms with E-state index in [0.29, 0.717) is 54.9 Å². The van der Waals surface area contributed by atoms with Gasteiger partial charge >= 0.3 is 0 Å². The van der Waals surface area contributed by atoms with Gasteiger partial charge in [0.1, 0.15) is 5.75 Å². The van der Waals surface area contributed by atoms with Gasteiger partial charge in [0.2, 0.25) is 5.91 Å². The highest BCUT2D eigenvalue weighted by Crippen LogP contribution is 2.28. The first-order chi connectivity index (χ1) is 15.0. The lowest BCUT2D eigenvalue weighted by atomic mass is 10.1. The molecule has 0 atom stereocenters. The van der Waals surface area contributed by atoms with Gasteiger partial charge < -0.3 is 14.5 Å². The Hall–Kier alpha value is -3.26. The molecule has 1 fully saturated rings. The second kappa shape index (κ2) is 9.26. The van der Waals surface area contributed by atoms with E-state index < -0.39 is 0 Å². The van der Waals surface area contributed by atoms with E-state index in [1.54, 1.807) is 22.8 Å². The number of nitrogens with zero attached hydrogens (tertiary/aromatic N) is 4. The molecule has 160 valence electrons. The molecule has 0 aliphatic carbocycles. The first kappa shape index (κ1) is 21.0. The van der Waals surface area contributed by atoms with Crippen molar-refractivity contribution in [2.24, 2.45) is 0 Å². The number of carbonyl (C=O) groups is 2. The third-order valence-corrected chi connectivity index (χ3v) is 5.93. The van der Waals surface area contributed by atoms with Gasteiger partial charge in [0.05, 0.1) is 0 Å². The lowest BCUT2D eigenvalue weighted by Crippen LogP contribution is -2.50. The van der Waals surface area contributed by atoms with Crippen molar-refractivity contribution in [2.45, 2.75) is 20.3 Å². The predicted molar refractivity (Wildman–Crippen MR) is 119 cm³/mol. The Kier molecular flexibility index (Phi) is 6.27. The van der Waals surface area contributed by atoms with Crippen LogP contribution < -0.4 is 4.74 Å². The van der Waals surface area contributed by atoms with Gasteiger partial charge in [-0.25, -0.2) is 0 Å². The van der Waals surface area contributed by atoms with Gasteiger partial charge in [0.15, 0.2) is 5.82 Å². The zero-order valence-corrected chi connectivity index (χ0v) is 18.4. The van der Waals surface area contributed by atoms with Gasteiger partial charge in [0.25, 0.3) is 11.1 Å². The van der Waals surface area contributed by atoms with Crippen LogP contribution in [0.3, 0.4) is 0 Å². The van der Waals surface area contributed by atoms with E-state index in [0.717, 1.165) is 11.1 Å². The second-order valence-electron chi connectivity index (χ2n) is 7.52. The molecule has 0 spiro atoms. The van der Waals surface area contributed by atoms with E-state index in [-0.39, 0.29) is 11.8 Å². The molecule has 2 amide bonds. The van der Waals surface area contributed by atoms with Gasteiger partial charge in [-0.2, -0.15) is 9.36 Å². The van der Waals surface area contributed by atoms with E-state index >= 15 is 0 Å². The van der Waals surface area contributed by atoms with E-state index in [2.05, 4.69) is 9.36 Å². The fraction of sp³-hybridized carbons (Fsp3) is 0.304. The van der Waals surface area contributed by atoms with Crippen molar-refractivity contribution in [1.82, 2.24) is 19.2 Å². The third-order valence-electron chi connectivity index (χ3n) is 5.30. The molecule has 1 saturated heterocycles. The van der Waals surface area contributed by atoms with E-state index in [1.807, 2.05) is 49.4 Å². The van der Waals surface area contributed by atoms with Crippen LogP contribution in [0.15, 0.2) is 48.5 Å². The van der Waals surface area contributed by atoms with Crippen molar-refractivity contribution in [3.63, 3.8) is 0 Å². The zero-order valence-electron chi connectivity index (χ0n) is 17.6. The molecule has 2 heterocycles. The molecule has 1 aliphatic rings. The van der Waals surface area contributed by atoms with Crippen LogP contribution in [0.1, 0.15) is 34.2 Å². The first-order valence-electron chi connectivity index (χ1n) is 10.2. The summed E-state index contributed by atoms with van der Waals surface area (Å²) in [6.07, 6.45) is 0.643. The average Bonchev–Trinajstić information content (AvgIpc) is 3.22. The number of hydrogen-bond donors (Lipinski definition) is 0. The van der Waals surface area contributed by atoms with Gasteiger partial charge in [-0.3, -0.25) is 9.59 Å². The van der Waals surface area contributed by atoms with Crippen molar-refractivity contribution in [3.05, 3.63) is 71.0 Å². The number of ether oxygens (including phenoxy) is 1. The summed E-state index contributed by atoms with van der Waals surface area (Å²) in [4.78, 5) is 32.5. The fourth-order valence-corrected chi connectivity index (χ4v) is 4.04. The summed E-state index contributed by atoms with van der Waals surface area (Å²) in [7, 11) is 0. The van der Waals surface area contributed by atoms with Gasteiger partial charge in [-0.15, -0.1) is 0 Å². The number of aryl methyl sites for hydroxylation is 1. The summed E-state index contributed by atoms with van der Waals surface area (Å²) in [6.45, 7) is 5.67. The average molecular weight is 437 g/mol. The van der Waals surface area contributed by atoms with Gasteiger partial charge in [-0.1, -0.05) is 36.4 Å². The summed E-state index contributed by atoms with van der Waals surface area (Å²) >= 11 is 1.20. The number of amides is 2. The molecule has 8 heteroatoms. The number of aromatic nitrogens is 2. The molecule has 0 bridgehead atoms. The Morgan fingerprint density at radius 1 is 1.03 bits per heavy atom. The first-order valence-corrected chi connectivity index (χ1v) is 11.0. The van der Waals surface area contributed by atoms with E-state index in [9.17, 15) is 9.59 Å². The molecule has 31 heavy (non-hydrogen) atoms. The fourth-order valence-electron chi connectivity index (χ4n) is 3.47. The number of hydrogen-bond acceptors (Lipinski definition) is 6. The van der Waals surface area contributed by atoms with Crippen molar-refractivity contribution < 1.29 is 14.3 Å². The largest absolute Gasteiger partial charge is 0.430 e. The number of rotatable bonds is 5. The lowest BCUT2D eigenvalue weighted by molar-refractivity contribution is -0.130. The number of carbonyl (C=O) groups excluding carboxylic acids is 2. The summed E-state index contributed by atoms with van der Waals surface area (Å²) in [6, 6.07) is 15.5. The molecule has 7 nitrogen and oxygen atoms in total. The Balaban J connectivity index is 1.44. The van der Waals surface area contributed by atoms with Crippen LogP contribution in [0.2, 0.25) is 0 Å². The Labute approximate surface area is 185 Å². The molecule has 4 rings (SSSR count). The molecule has 0 N–H and O–H groups in total. The topological polar surface area (TPSA) is 75.6 Å². The minimum absolute atomic E-state index is 0.0433. The second-order valence-corrected chi connectivity index (χ2v) is 8.23. The molecule has 1 aromatic heterocycles. The predicted octanol–water partition coefficient (Wildman–Crippen LogP) is 3.53. The lowest BCUT2D eigenvalue weighted by Gasteiger charge is -2.34. The summed E-state index contributed by atoms with van der Waals surface area (Å²) in [5.74, 6) is 1.28.